The zero-order valence-corrected chi connectivity index (χ0v) is 17.8. The van der Waals surface area contributed by atoms with Gasteiger partial charge in [-0.2, -0.15) is 25.3 Å². The Balaban J connectivity index is 1.99. The van der Waals surface area contributed by atoms with Crippen molar-refractivity contribution in [2.75, 3.05) is 16.8 Å². The molecule has 0 radical (unpaired) electrons. The summed E-state index contributed by atoms with van der Waals surface area (Å²) in [5.41, 5.74) is 0.646. The number of carboxylic acids is 2. The van der Waals surface area contributed by atoms with Crippen LogP contribution in [-0.2, 0) is 9.59 Å². The predicted molar refractivity (Wildman–Crippen MR) is 119 cm³/mol. The van der Waals surface area contributed by atoms with Gasteiger partial charge in [-0.3, -0.25) is 4.79 Å². The third-order valence-corrected chi connectivity index (χ3v) is 4.81. The molecule has 0 saturated heterocycles. The Morgan fingerprint density at radius 3 is 1.74 bits per heavy atom. The highest BCUT2D eigenvalue weighted by atomic mass is 32.1. The number of esters is 1. The summed E-state index contributed by atoms with van der Waals surface area (Å²) in [7, 11) is 0. The molecule has 0 saturated carbocycles. The number of thiol groups is 2. The zero-order valence-electron chi connectivity index (χ0n) is 16.0. The van der Waals surface area contributed by atoms with E-state index >= 15 is 0 Å². The molecular weight excluding hydrogens is 444 g/mol. The van der Waals surface area contributed by atoms with Gasteiger partial charge in [-0.1, -0.05) is 0 Å². The zero-order chi connectivity index (χ0) is 23.0. The Morgan fingerprint density at radius 1 is 0.806 bits per heavy atom. The molecule has 4 N–H and O–H groups in total. The monoisotopic (exact) mass is 464 g/mol. The van der Waals surface area contributed by atoms with E-state index in [0.29, 0.717) is 5.69 Å². The van der Waals surface area contributed by atoms with Crippen LogP contribution in [-0.4, -0.2) is 57.6 Å². The molecule has 2 rings (SSSR count). The van der Waals surface area contributed by atoms with E-state index in [9.17, 15) is 19.2 Å². The van der Waals surface area contributed by atoms with Gasteiger partial charge >= 0.3 is 17.9 Å². The maximum atomic E-state index is 12.6. The number of ether oxygens (including phenoxy) is 1. The Hall–Kier alpha value is -3.18. The lowest BCUT2D eigenvalue weighted by Crippen LogP contribution is -2.50. The molecule has 2 atom stereocenters. The highest BCUT2D eigenvalue weighted by Gasteiger charge is 2.25. The number of carbonyl (C=O) groups excluding carboxylic acids is 2. The molecular formula is C20H20N2O7S2. The van der Waals surface area contributed by atoms with E-state index in [2.05, 4.69) is 35.9 Å². The number of hydrogen-bond donors (Lipinski definition) is 6. The van der Waals surface area contributed by atoms with Crippen molar-refractivity contribution in [3.8, 4) is 5.75 Å². The van der Waals surface area contributed by atoms with Crippen LogP contribution in [0.5, 0.6) is 5.75 Å². The van der Waals surface area contributed by atoms with E-state index in [0.717, 1.165) is 0 Å². The average Bonchev–Trinajstić information content (AvgIpc) is 2.76. The van der Waals surface area contributed by atoms with E-state index in [1.54, 1.807) is 0 Å². The number of amides is 1. The second-order valence-corrected chi connectivity index (χ2v) is 6.99. The quantitative estimate of drug-likeness (QED) is 0.178. The number of anilines is 1. The molecule has 0 bridgehead atoms. The normalized spacial score (nSPS) is 12.3. The van der Waals surface area contributed by atoms with Gasteiger partial charge in [0.25, 0.3) is 0 Å². The first-order valence-corrected chi connectivity index (χ1v) is 10.2. The first-order valence-electron chi connectivity index (χ1n) is 8.92. The van der Waals surface area contributed by atoms with Crippen molar-refractivity contribution in [3.63, 3.8) is 0 Å². The largest absolute Gasteiger partial charge is 0.478 e. The molecule has 0 aromatic heterocycles. The summed E-state index contributed by atoms with van der Waals surface area (Å²) < 4.78 is 5.18. The summed E-state index contributed by atoms with van der Waals surface area (Å²) in [5.74, 6) is -3.30. The second kappa shape index (κ2) is 11.3. The van der Waals surface area contributed by atoms with Crippen molar-refractivity contribution in [3.05, 3.63) is 59.7 Å². The maximum Gasteiger partial charge on any atom is 0.335 e. The van der Waals surface area contributed by atoms with Crippen LogP contribution in [0.4, 0.5) is 5.69 Å². The third kappa shape index (κ3) is 6.93. The van der Waals surface area contributed by atoms with E-state index in [-0.39, 0.29) is 28.4 Å². The number of benzene rings is 2. The second-order valence-electron chi connectivity index (χ2n) is 6.26. The lowest BCUT2D eigenvalue weighted by molar-refractivity contribution is -0.138. The highest BCUT2D eigenvalue weighted by Crippen LogP contribution is 2.14. The minimum absolute atomic E-state index is 0.0373. The number of hydrogen-bond acceptors (Lipinski definition) is 8. The van der Waals surface area contributed by atoms with Gasteiger partial charge in [0.1, 0.15) is 17.8 Å². The topological polar surface area (TPSA) is 142 Å². The number of aromatic carboxylic acids is 2. The number of nitrogens with one attached hydrogen (secondary N) is 2. The fourth-order valence-electron chi connectivity index (χ4n) is 2.41. The molecule has 0 spiro atoms. The molecule has 2 aromatic rings. The van der Waals surface area contributed by atoms with Crippen LogP contribution in [0.15, 0.2) is 48.5 Å². The van der Waals surface area contributed by atoms with Gasteiger partial charge < -0.3 is 25.6 Å². The molecule has 0 aliphatic rings. The molecule has 0 heterocycles. The van der Waals surface area contributed by atoms with Gasteiger partial charge in [0, 0.05) is 17.2 Å². The van der Waals surface area contributed by atoms with Crippen molar-refractivity contribution in [2.45, 2.75) is 12.1 Å². The average molecular weight is 465 g/mol. The molecule has 164 valence electrons. The Labute approximate surface area is 188 Å². The van der Waals surface area contributed by atoms with Gasteiger partial charge in [0.15, 0.2) is 0 Å². The molecule has 31 heavy (non-hydrogen) atoms. The van der Waals surface area contributed by atoms with Crippen LogP contribution in [0.25, 0.3) is 0 Å². The molecule has 0 fully saturated rings. The van der Waals surface area contributed by atoms with Gasteiger partial charge in [-0.25, -0.2) is 14.4 Å². The van der Waals surface area contributed by atoms with Crippen LogP contribution in [0.2, 0.25) is 0 Å². The minimum Gasteiger partial charge on any atom is -0.478 e. The van der Waals surface area contributed by atoms with Crippen LogP contribution < -0.4 is 15.4 Å². The van der Waals surface area contributed by atoms with Crippen molar-refractivity contribution < 1.29 is 34.1 Å². The first-order chi connectivity index (χ1) is 14.7. The van der Waals surface area contributed by atoms with Crippen molar-refractivity contribution >= 4 is 54.8 Å². The highest BCUT2D eigenvalue weighted by molar-refractivity contribution is 7.80. The van der Waals surface area contributed by atoms with Crippen LogP contribution in [0.1, 0.15) is 20.7 Å². The molecule has 0 aliphatic carbocycles. The maximum absolute atomic E-state index is 12.6. The lowest BCUT2D eigenvalue weighted by Gasteiger charge is -2.21. The van der Waals surface area contributed by atoms with Gasteiger partial charge in [0.2, 0.25) is 5.91 Å². The number of carboxylic acid groups (broad SMARTS) is 2. The van der Waals surface area contributed by atoms with Crippen LogP contribution in [0.3, 0.4) is 0 Å². The minimum atomic E-state index is -1.11. The molecule has 9 nitrogen and oxygen atoms in total. The smallest absolute Gasteiger partial charge is 0.335 e. The van der Waals surface area contributed by atoms with Gasteiger partial charge in [-0.05, 0) is 48.5 Å². The van der Waals surface area contributed by atoms with E-state index in [4.69, 9.17) is 14.9 Å². The Morgan fingerprint density at radius 2 is 1.29 bits per heavy atom. The fourth-order valence-corrected chi connectivity index (χ4v) is 2.91. The van der Waals surface area contributed by atoms with Gasteiger partial charge in [-0.15, -0.1) is 0 Å². The summed E-state index contributed by atoms with van der Waals surface area (Å²) in [6, 6.07) is 9.17. The molecule has 1 amide bonds. The van der Waals surface area contributed by atoms with Gasteiger partial charge in [0.05, 0.1) is 11.1 Å². The SMILES string of the molecule is O=C(O)c1ccc(NC(CS)C(=O)NC(CS)C(=O)Oc2ccc(C(=O)O)cc2)cc1. The standard InChI is InChI=1S/C20H20N2O7S2/c23-17(15(9-30)21-13-5-1-11(2-6-13)18(24)25)22-16(10-31)20(28)29-14-7-3-12(4-8-14)19(26)27/h1-8,15-16,21,30-31H,9-10H2,(H,22,23)(H,24,25)(H,26,27). The van der Waals surface area contributed by atoms with Crippen molar-refractivity contribution in [2.24, 2.45) is 0 Å². The summed E-state index contributed by atoms with van der Waals surface area (Å²) in [6.07, 6.45) is 0. The number of rotatable bonds is 10. The van der Waals surface area contributed by atoms with E-state index in [1.165, 1.54) is 48.5 Å². The lowest BCUT2D eigenvalue weighted by atomic mass is 10.2. The molecule has 0 aliphatic heterocycles. The predicted octanol–water partition coefficient (Wildman–Crippen LogP) is 1.81. The van der Waals surface area contributed by atoms with Crippen molar-refractivity contribution in [1.82, 2.24) is 5.32 Å². The van der Waals surface area contributed by atoms with Crippen molar-refractivity contribution in [1.29, 1.82) is 0 Å². The molecule has 2 unspecified atom stereocenters. The summed E-state index contributed by atoms with van der Waals surface area (Å²) in [6.45, 7) is 0. The summed E-state index contributed by atoms with van der Waals surface area (Å²) >= 11 is 8.23. The van der Waals surface area contributed by atoms with Crippen LogP contribution in [0, 0.1) is 0 Å². The third-order valence-electron chi connectivity index (χ3n) is 4.08. The Bertz CT molecular complexity index is 949. The first kappa shape index (κ1) is 24.1. The number of carbonyl (C=O) groups is 4. The van der Waals surface area contributed by atoms with E-state index < -0.39 is 35.9 Å². The molecule has 11 heteroatoms. The van der Waals surface area contributed by atoms with E-state index in [1.807, 2.05) is 0 Å². The summed E-state index contributed by atoms with van der Waals surface area (Å²) in [5, 5.41) is 23.3. The Kier molecular flexibility index (Phi) is 8.76. The fraction of sp³-hybridized carbons (Fsp3) is 0.200. The molecule has 2 aromatic carbocycles. The van der Waals surface area contributed by atoms with Crippen LogP contribution >= 0.6 is 25.3 Å². The summed E-state index contributed by atoms with van der Waals surface area (Å²) in [4.78, 5) is 46.7.